The number of aliphatic hydroxyl groups excluding tert-OH is 1. The fourth-order valence-corrected chi connectivity index (χ4v) is 2.28. The average Bonchev–Trinajstić information content (AvgIpc) is 2.66. The Bertz CT molecular complexity index is 372. The van der Waals surface area contributed by atoms with Crippen molar-refractivity contribution in [1.29, 1.82) is 0 Å². The molecular formula is C12H15ClFNO. The van der Waals surface area contributed by atoms with E-state index in [9.17, 15) is 9.50 Å². The van der Waals surface area contributed by atoms with Gasteiger partial charge in [-0.25, -0.2) is 4.39 Å². The van der Waals surface area contributed by atoms with Crippen molar-refractivity contribution in [2.45, 2.75) is 38.0 Å². The Kier molecular flexibility index (Phi) is 3.79. The average molecular weight is 244 g/mol. The van der Waals surface area contributed by atoms with Crippen LogP contribution in [0.25, 0.3) is 0 Å². The number of hydrogen-bond acceptors (Lipinski definition) is 2. The summed E-state index contributed by atoms with van der Waals surface area (Å²) in [4.78, 5) is 0. The zero-order valence-electron chi connectivity index (χ0n) is 8.92. The third kappa shape index (κ3) is 2.73. The summed E-state index contributed by atoms with van der Waals surface area (Å²) in [6.07, 6.45) is 2.66. The molecule has 1 aromatic rings. The van der Waals surface area contributed by atoms with Crippen molar-refractivity contribution in [2.24, 2.45) is 0 Å². The summed E-state index contributed by atoms with van der Waals surface area (Å²) in [7, 11) is 0. The summed E-state index contributed by atoms with van der Waals surface area (Å²) in [5.41, 5.74) is 0.936. The van der Waals surface area contributed by atoms with Gasteiger partial charge in [-0.15, -0.1) is 0 Å². The van der Waals surface area contributed by atoms with Crippen molar-refractivity contribution in [1.82, 2.24) is 5.32 Å². The van der Waals surface area contributed by atoms with Crippen LogP contribution in [-0.2, 0) is 6.54 Å². The molecule has 1 aromatic carbocycles. The van der Waals surface area contributed by atoms with Crippen molar-refractivity contribution >= 4 is 11.6 Å². The highest BCUT2D eigenvalue weighted by Crippen LogP contribution is 2.20. The van der Waals surface area contributed by atoms with E-state index < -0.39 is 5.82 Å². The number of aliphatic hydroxyl groups is 1. The molecule has 0 radical (unpaired) electrons. The van der Waals surface area contributed by atoms with Gasteiger partial charge >= 0.3 is 0 Å². The molecule has 1 fully saturated rings. The van der Waals surface area contributed by atoms with Crippen LogP contribution in [0, 0.1) is 5.82 Å². The van der Waals surface area contributed by atoms with Gasteiger partial charge < -0.3 is 10.4 Å². The Labute approximate surface area is 99.4 Å². The van der Waals surface area contributed by atoms with Crippen LogP contribution in [0.3, 0.4) is 0 Å². The third-order valence-electron chi connectivity index (χ3n) is 3.03. The molecule has 1 aliphatic carbocycles. The molecule has 0 unspecified atom stereocenters. The van der Waals surface area contributed by atoms with Gasteiger partial charge in [-0.3, -0.25) is 0 Å². The van der Waals surface area contributed by atoms with Crippen LogP contribution >= 0.6 is 11.6 Å². The van der Waals surface area contributed by atoms with Crippen LogP contribution in [-0.4, -0.2) is 17.3 Å². The number of halogens is 2. The first-order valence-corrected chi connectivity index (χ1v) is 5.90. The van der Waals surface area contributed by atoms with Gasteiger partial charge in [-0.2, -0.15) is 0 Å². The molecule has 16 heavy (non-hydrogen) atoms. The standard InChI is InChI=1S/C12H15ClFNO/c13-9-6-8(4-5-10(9)14)7-15-11-2-1-3-12(11)16/h4-6,11-12,15-16H,1-3,7H2/t11-,12-/m1/s1. The molecule has 2 N–H and O–H groups in total. The van der Waals surface area contributed by atoms with Gasteiger partial charge in [0.15, 0.2) is 0 Å². The van der Waals surface area contributed by atoms with E-state index in [1.54, 1.807) is 12.1 Å². The molecule has 0 amide bonds. The van der Waals surface area contributed by atoms with Crippen molar-refractivity contribution in [3.8, 4) is 0 Å². The smallest absolute Gasteiger partial charge is 0.141 e. The molecule has 1 saturated carbocycles. The highest BCUT2D eigenvalue weighted by Gasteiger charge is 2.24. The van der Waals surface area contributed by atoms with Gasteiger partial charge in [0.1, 0.15) is 5.82 Å². The second-order valence-corrected chi connectivity index (χ2v) is 4.64. The topological polar surface area (TPSA) is 32.3 Å². The summed E-state index contributed by atoms with van der Waals surface area (Å²) in [5, 5.41) is 13.0. The first kappa shape index (κ1) is 11.8. The van der Waals surface area contributed by atoms with Crippen LogP contribution < -0.4 is 5.32 Å². The normalized spacial score (nSPS) is 24.9. The predicted molar refractivity (Wildman–Crippen MR) is 61.9 cm³/mol. The molecule has 2 rings (SSSR count). The summed E-state index contributed by atoms with van der Waals surface area (Å²) in [5.74, 6) is -0.397. The maximum atomic E-state index is 12.9. The van der Waals surface area contributed by atoms with Crippen LogP contribution in [0.5, 0.6) is 0 Å². The van der Waals surface area contributed by atoms with E-state index in [4.69, 9.17) is 11.6 Å². The van der Waals surface area contributed by atoms with Crippen molar-refractivity contribution in [3.05, 3.63) is 34.6 Å². The molecule has 0 aromatic heterocycles. The van der Waals surface area contributed by atoms with Gasteiger partial charge in [0.05, 0.1) is 11.1 Å². The molecule has 0 spiro atoms. The lowest BCUT2D eigenvalue weighted by Gasteiger charge is -2.16. The lowest BCUT2D eigenvalue weighted by Crippen LogP contribution is -2.35. The molecule has 0 heterocycles. The number of hydrogen-bond donors (Lipinski definition) is 2. The molecule has 88 valence electrons. The molecule has 2 atom stereocenters. The zero-order valence-corrected chi connectivity index (χ0v) is 9.67. The fourth-order valence-electron chi connectivity index (χ4n) is 2.08. The maximum Gasteiger partial charge on any atom is 0.141 e. The van der Waals surface area contributed by atoms with Crippen molar-refractivity contribution in [2.75, 3.05) is 0 Å². The summed E-state index contributed by atoms with van der Waals surface area (Å²) in [6.45, 7) is 0.613. The van der Waals surface area contributed by atoms with E-state index in [0.717, 1.165) is 24.8 Å². The number of nitrogens with one attached hydrogen (secondary N) is 1. The minimum atomic E-state index is -0.397. The van der Waals surface area contributed by atoms with Crippen LogP contribution in [0.2, 0.25) is 5.02 Å². The van der Waals surface area contributed by atoms with E-state index >= 15 is 0 Å². The Hall–Kier alpha value is -0.640. The summed E-state index contributed by atoms with van der Waals surface area (Å²) < 4.78 is 12.9. The molecule has 1 aliphatic rings. The molecule has 0 saturated heterocycles. The molecule has 2 nitrogen and oxygen atoms in total. The molecule has 4 heteroatoms. The van der Waals surface area contributed by atoms with E-state index in [0.29, 0.717) is 6.54 Å². The fraction of sp³-hybridized carbons (Fsp3) is 0.500. The van der Waals surface area contributed by atoms with E-state index in [2.05, 4.69) is 5.32 Å². The van der Waals surface area contributed by atoms with Gasteiger partial charge in [-0.05, 0) is 37.0 Å². The summed E-state index contributed by atoms with van der Waals surface area (Å²) in [6, 6.07) is 4.84. The SMILES string of the molecule is O[C@@H]1CCC[C@H]1NCc1ccc(F)c(Cl)c1. The van der Waals surface area contributed by atoms with Crippen molar-refractivity contribution < 1.29 is 9.50 Å². The maximum absolute atomic E-state index is 12.9. The quantitative estimate of drug-likeness (QED) is 0.855. The second-order valence-electron chi connectivity index (χ2n) is 4.23. The molecular weight excluding hydrogens is 229 g/mol. The van der Waals surface area contributed by atoms with E-state index in [-0.39, 0.29) is 17.2 Å². The highest BCUT2D eigenvalue weighted by molar-refractivity contribution is 6.30. The predicted octanol–water partition coefficient (Wildman–Crippen LogP) is 2.48. The third-order valence-corrected chi connectivity index (χ3v) is 3.32. The monoisotopic (exact) mass is 243 g/mol. The second kappa shape index (κ2) is 5.13. The van der Waals surface area contributed by atoms with Gasteiger partial charge in [0, 0.05) is 12.6 Å². The van der Waals surface area contributed by atoms with E-state index in [1.165, 1.54) is 6.07 Å². The Morgan fingerprint density at radius 2 is 2.25 bits per heavy atom. The molecule has 0 aliphatic heterocycles. The Balaban J connectivity index is 1.91. The minimum Gasteiger partial charge on any atom is -0.392 e. The van der Waals surface area contributed by atoms with E-state index in [1.807, 2.05) is 0 Å². The van der Waals surface area contributed by atoms with Crippen LogP contribution in [0.4, 0.5) is 4.39 Å². The zero-order chi connectivity index (χ0) is 11.5. The van der Waals surface area contributed by atoms with Gasteiger partial charge in [-0.1, -0.05) is 17.7 Å². The first-order chi connectivity index (χ1) is 7.66. The Morgan fingerprint density at radius 3 is 2.88 bits per heavy atom. The highest BCUT2D eigenvalue weighted by atomic mass is 35.5. The summed E-state index contributed by atoms with van der Waals surface area (Å²) >= 11 is 5.69. The van der Waals surface area contributed by atoms with Crippen LogP contribution in [0.15, 0.2) is 18.2 Å². The van der Waals surface area contributed by atoms with Crippen LogP contribution in [0.1, 0.15) is 24.8 Å². The minimum absolute atomic E-state index is 0.145. The largest absolute Gasteiger partial charge is 0.392 e. The van der Waals surface area contributed by atoms with Gasteiger partial charge in [0.25, 0.3) is 0 Å². The molecule has 0 bridgehead atoms. The lowest BCUT2D eigenvalue weighted by atomic mass is 10.1. The number of rotatable bonds is 3. The number of benzene rings is 1. The van der Waals surface area contributed by atoms with Crippen molar-refractivity contribution in [3.63, 3.8) is 0 Å². The first-order valence-electron chi connectivity index (χ1n) is 5.52. The lowest BCUT2D eigenvalue weighted by molar-refractivity contribution is 0.148. The van der Waals surface area contributed by atoms with Gasteiger partial charge in [0.2, 0.25) is 0 Å². The Morgan fingerprint density at radius 1 is 1.44 bits per heavy atom.